The van der Waals surface area contributed by atoms with E-state index >= 15 is 0 Å². The number of hydrogen-bond donors (Lipinski definition) is 1. The number of dihydropyridines is 1. The molecular weight excluding hydrogens is 531 g/mol. The maximum absolute atomic E-state index is 14.2. The Morgan fingerprint density at radius 2 is 1.90 bits per heavy atom. The van der Waals surface area contributed by atoms with Crippen molar-refractivity contribution in [2.45, 2.75) is 39.0 Å². The van der Waals surface area contributed by atoms with Gasteiger partial charge in [-0.15, -0.1) is 0 Å². The van der Waals surface area contributed by atoms with Crippen molar-refractivity contribution in [2.75, 3.05) is 13.7 Å². The number of halogens is 3. The Morgan fingerprint density at radius 1 is 1.18 bits per heavy atom. The molecule has 10 nitrogen and oxygen atoms in total. The summed E-state index contributed by atoms with van der Waals surface area (Å²) in [5, 5.41) is 17.8. The van der Waals surface area contributed by atoms with Gasteiger partial charge in [0.2, 0.25) is 0 Å². The second-order valence-electron chi connectivity index (χ2n) is 9.13. The molecule has 1 N–H and O–H groups in total. The van der Waals surface area contributed by atoms with Crippen LogP contribution in [-0.2, 0) is 22.6 Å². The van der Waals surface area contributed by atoms with Crippen molar-refractivity contribution < 1.29 is 32.1 Å². The first-order valence-corrected chi connectivity index (χ1v) is 12.3. The zero-order valence-electron chi connectivity index (χ0n) is 21.9. The number of nitrogens with one attached hydrogen (secondary N) is 1. The number of nitro benzene ring substituents is 1. The summed E-state index contributed by atoms with van der Waals surface area (Å²) in [6.45, 7) is 3.48. The molecule has 0 saturated heterocycles. The van der Waals surface area contributed by atoms with Crippen molar-refractivity contribution in [1.82, 2.24) is 20.4 Å². The van der Waals surface area contributed by atoms with E-state index in [9.17, 15) is 28.1 Å². The molecular formula is C27H26F3N5O5. The molecule has 1 aliphatic rings. The van der Waals surface area contributed by atoms with E-state index in [2.05, 4.69) is 15.5 Å². The van der Waals surface area contributed by atoms with Gasteiger partial charge in [0, 0.05) is 29.9 Å². The minimum absolute atomic E-state index is 0.00952. The van der Waals surface area contributed by atoms with Crippen LogP contribution in [0, 0.1) is 10.1 Å². The number of carbonyl (C=O) groups excluding carboxylic acids is 1. The maximum Gasteiger partial charge on any atom is 0.431 e. The van der Waals surface area contributed by atoms with Crippen LogP contribution < -0.4 is 5.32 Å². The zero-order chi connectivity index (χ0) is 29.0. The molecule has 1 atom stereocenters. The fraction of sp³-hybridized carbons (Fsp3) is 0.296. The predicted octanol–water partition coefficient (Wildman–Crippen LogP) is 5.11. The van der Waals surface area contributed by atoms with Gasteiger partial charge in [0.25, 0.3) is 11.6 Å². The van der Waals surface area contributed by atoms with Gasteiger partial charge in [-0.3, -0.25) is 15.0 Å². The molecule has 3 aromatic rings. The number of esters is 1. The van der Waals surface area contributed by atoms with Crippen LogP contribution in [0.1, 0.15) is 42.6 Å². The lowest BCUT2D eigenvalue weighted by Gasteiger charge is -2.31. The lowest BCUT2D eigenvalue weighted by Crippen LogP contribution is -2.36. The Hall–Kier alpha value is -4.52. The third-order valence-corrected chi connectivity index (χ3v) is 6.16. The number of allylic oxidation sites excluding steroid dienone is 3. The van der Waals surface area contributed by atoms with Gasteiger partial charge in [0.05, 0.1) is 29.6 Å². The van der Waals surface area contributed by atoms with Gasteiger partial charge in [-0.1, -0.05) is 47.6 Å². The van der Waals surface area contributed by atoms with Crippen molar-refractivity contribution >= 4 is 17.2 Å². The van der Waals surface area contributed by atoms with E-state index in [4.69, 9.17) is 9.26 Å². The molecule has 0 bridgehead atoms. The van der Waals surface area contributed by atoms with E-state index in [1.165, 1.54) is 32.0 Å². The molecule has 1 unspecified atom stereocenters. The lowest BCUT2D eigenvalue weighted by molar-refractivity contribution is -0.384. The summed E-state index contributed by atoms with van der Waals surface area (Å²) in [7, 11) is 1.85. The number of ether oxygens (including phenoxy) is 1. The largest absolute Gasteiger partial charge is 0.463 e. The highest BCUT2D eigenvalue weighted by Gasteiger charge is 2.47. The number of rotatable bonds is 9. The molecule has 13 heteroatoms. The molecule has 0 saturated carbocycles. The van der Waals surface area contributed by atoms with E-state index in [0.717, 1.165) is 11.6 Å². The second kappa shape index (κ2) is 11.7. The molecule has 2 aromatic carbocycles. The Kier molecular flexibility index (Phi) is 8.33. The minimum atomic E-state index is -4.96. The number of non-ortho nitro benzene ring substituents is 1. The van der Waals surface area contributed by atoms with Crippen molar-refractivity contribution in [1.29, 1.82) is 0 Å². The van der Waals surface area contributed by atoms with Crippen LogP contribution >= 0.6 is 0 Å². The average molecular weight is 558 g/mol. The quantitative estimate of drug-likeness (QED) is 0.217. The highest BCUT2D eigenvalue weighted by atomic mass is 19.4. The molecule has 1 aliphatic heterocycles. The summed E-state index contributed by atoms with van der Waals surface area (Å²) >= 11 is 0. The minimum Gasteiger partial charge on any atom is -0.463 e. The van der Waals surface area contributed by atoms with Gasteiger partial charge in [-0.25, -0.2) is 4.79 Å². The third-order valence-electron chi connectivity index (χ3n) is 6.16. The number of nitro groups is 1. The van der Waals surface area contributed by atoms with Crippen LogP contribution in [0.25, 0.3) is 5.57 Å². The first kappa shape index (κ1) is 28.5. The molecule has 0 fully saturated rings. The summed E-state index contributed by atoms with van der Waals surface area (Å²) in [5.41, 5.74) is -1.29. The van der Waals surface area contributed by atoms with Crippen molar-refractivity contribution in [3.8, 4) is 0 Å². The average Bonchev–Trinajstić information content (AvgIpc) is 3.35. The predicted molar refractivity (Wildman–Crippen MR) is 137 cm³/mol. The molecule has 40 heavy (non-hydrogen) atoms. The lowest BCUT2D eigenvalue weighted by atomic mass is 9.80. The van der Waals surface area contributed by atoms with Gasteiger partial charge >= 0.3 is 12.1 Å². The molecule has 2 heterocycles. The van der Waals surface area contributed by atoms with Crippen LogP contribution in [0.4, 0.5) is 18.9 Å². The normalized spacial score (nSPS) is 15.8. The Bertz CT molecular complexity index is 1470. The second-order valence-corrected chi connectivity index (χ2v) is 9.13. The smallest absolute Gasteiger partial charge is 0.431 e. The zero-order valence-corrected chi connectivity index (χ0v) is 21.9. The van der Waals surface area contributed by atoms with Crippen LogP contribution in [0.3, 0.4) is 0 Å². The topological polar surface area (TPSA) is 124 Å². The molecule has 0 radical (unpaired) electrons. The molecule has 0 aliphatic carbocycles. The number of hydrogen-bond acceptors (Lipinski definition) is 9. The summed E-state index contributed by atoms with van der Waals surface area (Å²) in [4.78, 5) is 30.2. The van der Waals surface area contributed by atoms with Gasteiger partial charge in [-0.05, 0) is 32.0 Å². The highest BCUT2D eigenvalue weighted by molar-refractivity contribution is 5.97. The maximum atomic E-state index is 14.2. The fourth-order valence-electron chi connectivity index (χ4n) is 4.53. The molecule has 0 spiro atoms. The van der Waals surface area contributed by atoms with Crippen LogP contribution in [-0.4, -0.2) is 45.8 Å². The standard InChI is InChI=1S/C27H26F3N5O5/c1-4-39-26(36)23-22(18-11-8-12-19(13-18)35(37)38)21(16(2)31-24(23)27(28,29)30)25-32-20(33-40-25)15-34(3)14-17-9-6-5-7-10-17/h5-13,22,31H,4,14-15H2,1-3H3. The number of benzene rings is 2. The Balaban J connectivity index is 1.79. The van der Waals surface area contributed by atoms with Crippen molar-refractivity contribution in [2.24, 2.45) is 0 Å². The van der Waals surface area contributed by atoms with E-state index in [1.807, 2.05) is 42.3 Å². The first-order chi connectivity index (χ1) is 19.0. The van der Waals surface area contributed by atoms with Gasteiger partial charge in [0.1, 0.15) is 5.70 Å². The van der Waals surface area contributed by atoms with E-state index in [1.54, 1.807) is 0 Å². The summed E-state index contributed by atoms with van der Waals surface area (Å²) < 4.78 is 53.1. The SMILES string of the molecule is CCOC(=O)C1=C(C(F)(F)F)NC(C)=C(c2nc(CN(C)Cc3ccccc3)no2)C1c1cccc([N+](=O)[O-])c1. The number of carbonyl (C=O) groups is 1. The Labute approximate surface area is 227 Å². The fourth-order valence-corrected chi connectivity index (χ4v) is 4.53. The molecule has 1 aromatic heterocycles. The molecule has 0 amide bonds. The van der Waals surface area contributed by atoms with Gasteiger partial charge < -0.3 is 14.6 Å². The molecule has 4 rings (SSSR count). The number of alkyl halides is 3. The highest BCUT2D eigenvalue weighted by Crippen LogP contribution is 2.46. The number of nitrogens with zero attached hydrogens (tertiary/aromatic N) is 4. The van der Waals surface area contributed by atoms with Crippen LogP contribution in [0.15, 0.2) is 76.1 Å². The Morgan fingerprint density at radius 3 is 2.55 bits per heavy atom. The monoisotopic (exact) mass is 557 g/mol. The van der Waals surface area contributed by atoms with E-state index in [0.29, 0.717) is 6.54 Å². The van der Waals surface area contributed by atoms with Crippen LogP contribution in [0.2, 0.25) is 0 Å². The van der Waals surface area contributed by atoms with Gasteiger partial charge in [0.15, 0.2) is 5.82 Å². The summed E-state index contributed by atoms with van der Waals surface area (Å²) in [6, 6.07) is 14.7. The molecule has 210 valence electrons. The van der Waals surface area contributed by atoms with Crippen molar-refractivity contribution in [3.05, 3.63) is 105 Å². The summed E-state index contributed by atoms with van der Waals surface area (Å²) in [5.74, 6) is -2.55. The third kappa shape index (κ3) is 6.20. The first-order valence-electron chi connectivity index (χ1n) is 12.3. The number of aromatic nitrogens is 2. The summed E-state index contributed by atoms with van der Waals surface area (Å²) in [6.07, 6.45) is -4.96. The van der Waals surface area contributed by atoms with E-state index in [-0.39, 0.29) is 47.4 Å². The van der Waals surface area contributed by atoms with Crippen molar-refractivity contribution in [3.63, 3.8) is 0 Å². The van der Waals surface area contributed by atoms with Crippen LogP contribution in [0.5, 0.6) is 0 Å². The van der Waals surface area contributed by atoms with E-state index < -0.39 is 34.3 Å². The van der Waals surface area contributed by atoms with Gasteiger partial charge in [-0.2, -0.15) is 18.2 Å².